The second-order valence-corrected chi connectivity index (χ2v) is 6.18. The van der Waals surface area contributed by atoms with Gasteiger partial charge in [0.2, 0.25) is 17.4 Å². The van der Waals surface area contributed by atoms with Gasteiger partial charge in [0.1, 0.15) is 0 Å². The van der Waals surface area contributed by atoms with Crippen molar-refractivity contribution in [2.45, 2.75) is 19.8 Å². The number of carbonyl (C=O) groups excluding carboxylic acids is 2. The highest BCUT2D eigenvalue weighted by molar-refractivity contribution is 6.00. The molecule has 1 saturated heterocycles. The summed E-state index contributed by atoms with van der Waals surface area (Å²) in [5, 5.41) is 12.6. The molecule has 2 aromatic carbocycles. The summed E-state index contributed by atoms with van der Waals surface area (Å²) < 4.78 is 11.0. The Labute approximate surface area is 149 Å². The van der Waals surface area contributed by atoms with Crippen LogP contribution in [0.3, 0.4) is 0 Å². The van der Waals surface area contributed by atoms with Crippen LogP contribution in [0.5, 0.6) is 11.5 Å². The van der Waals surface area contributed by atoms with Crippen LogP contribution in [0.1, 0.15) is 19.8 Å². The first-order valence-electron chi connectivity index (χ1n) is 8.39. The Morgan fingerprint density at radius 3 is 2.69 bits per heavy atom. The molecule has 4 rings (SSSR count). The summed E-state index contributed by atoms with van der Waals surface area (Å²) in [7, 11) is 0. The number of amides is 1. The second kappa shape index (κ2) is 6.22. The predicted octanol–water partition coefficient (Wildman–Crippen LogP) is 3.86. The molecular formula is C20H17NO5. The second-order valence-electron chi connectivity index (χ2n) is 6.18. The van der Waals surface area contributed by atoms with Gasteiger partial charge >= 0.3 is 5.97 Å². The van der Waals surface area contributed by atoms with E-state index in [1.807, 2.05) is 42.5 Å². The fourth-order valence-corrected chi connectivity index (χ4v) is 3.28. The Kier molecular flexibility index (Phi) is 3.88. The van der Waals surface area contributed by atoms with Gasteiger partial charge in [-0.2, -0.15) is 0 Å². The molecule has 0 radical (unpaired) electrons. The number of hydrogen-bond acceptors (Lipinski definition) is 5. The summed E-state index contributed by atoms with van der Waals surface area (Å²) >= 11 is 0. The van der Waals surface area contributed by atoms with Crippen LogP contribution in [0.15, 0.2) is 46.9 Å². The van der Waals surface area contributed by atoms with Crippen LogP contribution in [-0.2, 0) is 9.59 Å². The number of ether oxygens (including phenoxy) is 1. The van der Waals surface area contributed by atoms with Crippen molar-refractivity contribution in [2.24, 2.45) is 0 Å². The highest BCUT2D eigenvalue weighted by atomic mass is 16.6. The average molecular weight is 351 g/mol. The third-order valence-corrected chi connectivity index (χ3v) is 4.42. The molecular weight excluding hydrogens is 334 g/mol. The molecule has 0 saturated carbocycles. The summed E-state index contributed by atoms with van der Waals surface area (Å²) in [5.41, 5.74) is 0.659. The minimum Gasteiger partial charge on any atom is -0.502 e. The Bertz CT molecular complexity index is 1010. The van der Waals surface area contributed by atoms with Crippen molar-refractivity contribution < 1.29 is 23.8 Å². The van der Waals surface area contributed by atoms with E-state index in [2.05, 4.69) is 0 Å². The molecule has 0 spiro atoms. The van der Waals surface area contributed by atoms with E-state index in [4.69, 9.17) is 9.15 Å². The highest BCUT2D eigenvalue weighted by Gasteiger charge is 2.33. The maximum absolute atomic E-state index is 12.1. The lowest BCUT2D eigenvalue weighted by molar-refractivity contribution is -0.132. The summed E-state index contributed by atoms with van der Waals surface area (Å²) in [6.45, 7) is 1.69. The Balaban J connectivity index is 1.93. The smallest absolute Gasteiger partial charge is 0.308 e. The van der Waals surface area contributed by atoms with Crippen LogP contribution in [-0.4, -0.2) is 23.5 Å². The Morgan fingerprint density at radius 1 is 1.19 bits per heavy atom. The zero-order valence-corrected chi connectivity index (χ0v) is 14.2. The van der Waals surface area contributed by atoms with E-state index in [-0.39, 0.29) is 29.1 Å². The lowest BCUT2D eigenvalue weighted by Gasteiger charge is -2.13. The molecule has 0 unspecified atom stereocenters. The molecule has 1 fully saturated rings. The van der Waals surface area contributed by atoms with E-state index in [1.165, 1.54) is 11.8 Å². The van der Waals surface area contributed by atoms with Gasteiger partial charge in [0.15, 0.2) is 5.76 Å². The molecule has 6 nitrogen and oxygen atoms in total. The topological polar surface area (TPSA) is 80.0 Å². The molecule has 1 aromatic heterocycles. The van der Waals surface area contributed by atoms with Crippen LogP contribution < -0.4 is 9.64 Å². The van der Waals surface area contributed by atoms with E-state index in [0.717, 1.165) is 10.8 Å². The predicted molar refractivity (Wildman–Crippen MR) is 96.2 cm³/mol. The van der Waals surface area contributed by atoms with Gasteiger partial charge in [-0.1, -0.05) is 42.5 Å². The standard InChI is InChI=1S/C20H17NO5/c1-12(22)25-19-17(24)18(26-20(19)21-11-5-10-16(21)23)15-9-4-7-13-6-2-3-8-14(13)15/h2-4,6-9,24H,5,10-11H2,1H3. The lowest BCUT2D eigenvalue weighted by atomic mass is 10.0. The fourth-order valence-electron chi connectivity index (χ4n) is 3.28. The molecule has 2 heterocycles. The van der Waals surface area contributed by atoms with Crippen molar-refractivity contribution in [2.75, 3.05) is 11.4 Å². The normalized spacial score (nSPS) is 14.2. The van der Waals surface area contributed by atoms with Crippen LogP contribution in [0, 0.1) is 0 Å². The number of benzene rings is 2. The summed E-state index contributed by atoms with van der Waals surface area (Å²) in [4.78, 5) is 25.0. The number of anilines is 1. The van der Waals surface area contributed by atoms with Crippen LogP contribution in [0.2, 0.25) is 0 Å². The van der Waals surface area contributed by atoms with Crippen LogP contribution >= 0.6 is 0 Å². The number of carbonyl (C=O) groups is 2. The van der Waals surface area contributed by atoms with Crippen molar-refractivity contribution in [3.8, 4) is 22.8 Å². The van der Waals surface area contributed by atoms with Gasteiger partial charge < -0.3 is 14.3 Å². The molecule has 6 heteroatoms. The van der Waals surface area contributed by atoms with Gasteiger partial charge in [0, 0.05) is 25.5 Å². The molecule has 1 aliphatic heterocycles. The molecule has 1 N–H and O–H groups in total. The molecule has 0 bridgehead atoms. The van der Waals surface area contributed by atoms with Crippen LogP contribution in [0.25, 0.3) is 22.1 Å². The number of fused-ring (bicyclic) bond motifs is 1. The van der Waals surface area contributed by atoms with E-state index in [1.54, 1.807) is 0 Å². The SMILES string of the molecule is CC(=O)Oc1c(N2CCCC2=O)oc(-c2cccc3ccccc23)c1O. The minimum absolute atomic E-state index is 0.0723. The summed E-state index contributed by atoms with van der Waals surface area (Å²) in [6.07, 6.45) is 1.08. The summed E-state index contributed by atoms with van der Waals surface area (Å²) in [6, 6.07) is 13.3. The quantitative estimate of drug-likeness (QED) is 0.725. The maximum Gasteiger partial charge on any atom is 0.308 e. The monoisotopic (exact) mass is 351 g/mol. The van der Waals surface area contributed by atoms with Crippen molar-refractivity contribution in [1.29, 1.82) is 0 Å². The van der Waals surface area contributed by atoms with Gasteiger partial charge in [-0.25, -0.2) is 0 Å². The number of nitrogens with zero attached hydrogens (tertiary/aromatic N) is 1. The average Bonchev–Trinajstić information content (AvgIpc) is 3.18. The number of hydrogen-bond donors (Lipinski definition) is 1. The van der Waals surface area contributed by atoms with Crippen molar-refractivity contribution in [1.82, 2.24) is 0 Å². The molecule has 0 aliphatic carbocycles. The molecule has 3 aromatic rings. The third kappa shape index (κ3) is 2.60. The number of esters is 1. The molecule has 1 amide bonds. The maximum atomic E-state index is 12.1. The highest BCUT2D eigenvalue weighted by Crippen LogP contribution is 2.49. The van der Waals surface area contributed by atoms with Crippen LogP contribution in [0.4, 0.5) is 5.88 Å². The Hall–Kier alpha value is -3.28. The van der Waals surface area contributed by atoms with Gasteiger partial charge in [0.25, 0.3) is 5.88 Å². The first kappa shape index (κ1) is 16.2. The molecule has 1 aliphatic rings. The largest absolute Gasteiger partial charge is 0.502 e. The Morgan fingerprint density at radius 2 is 1.96 bits per heavy atom. The van der Waals surface area contributed by atoms with Crippen molar-refractivity contribution in [3.63, 3.8) is 0 Å². The van der Waals surface area contributed by atoms with Gasteiger partial charge in [0.05, 0.1) is 0 Å². The third-order valence-electron chi connectivity index (χ3n) is 4.42. The molecule has 26 heavy (non-hydrogen) atoms. The first-order chi connectivity index (χ1) is 12.6. The van der Waals surface area contributed by atoms with Crippen molar-refractivity contribution >= 4 is 28.5 Å². The number of rotatable bonds is 3. The van der Waals surface area contributed by atoms with E-state index >= 15 is 0 Å². The molecule has 0 atom stereocenters. The zero-order valence-electron chi connectivity index (χ0n) is 14.2. The number of aromatic hydroxyl groups is 1. The van der Waals surface area contributed by atoms with E-state index in [9.17, 15) is 14.7 Å². The zero-order chi connectivity index (χ0) is 18.3. The van der Waals surface area contributed by atoms with Gasteiger partial charge in [-0.15, -0.1) is 0 Å². The van der Waals surface area contributed by atoms with Gasteiger partial charge in [-0.3, -0.25) is 14.5 Å². The van der Waals surface area contributed by atoms with E-state index in [0.29, 0.717) is 24.9 Å². The fraction of sp³-hybridized carbons (Fsp3) is 0.200. The lowest BCUT2D eigenvalue weighted by Crippen LogP contribution is -2.24. The first-order valence-corrected chi connectivity index (χ1v) is 8.39. The molecule has 132 valence electrons. The van der Waals surface area contributed by atoms with Gasteiger partial charge in [-0.05, 0) is 17.2 Å². The summed E-state index contributed by atoms with van der Waals surface area (Å²) in [5.74, 6) is -0.882. The number of furan rings is 1. The minimum atomic E-state index is -0.599. The van der Waals surface area contributed by atoms with E-state index < -0.39 is 5.97 Å². The van der Waals surface area contributed by atoms with Crippen molar-refractivity contribution in [3.05, 3.63) is 42.5 Å².